The Morgan fingerprint density at radius 1 is 0.812 bits per heavy atom. The molecule has 0 saturated heterocycles. The lowest BCUT2D eigenvalue weighted by Gasteiger charge is -2.26. The molecule has 0 radical (unpaired) electrons. The Labute approximate surface area is 182 Å². The lowest BCUT2D eigenvalue weighted by Crippen LogP contribution is -2.60. The summed E-state index contributed by atoms with van der Waals surface area (Å²) in [5.41, 5.74) is 10.4. The molecule has 0 bridgehead atoms. The van der Waals surface area contributed by atoms with Gasteiger partial charge in [-0.15, -0.1) is 0 Å². The number of aliphatic carboxylic acids is 2. The molecule has 0 aromatic rings. The van der Waals surface area contributed by atoms with E-state index in [0.717, 1.165) is 6.92 Å². The van der Waals surface area contributed by atoms with E-state index in [0.29, 0.717) is 0 Å². The summed E-state index contributed by atoms with van der Waals surface area (Å²) in [5.74, 6) is -7.15. The van der Waals surface area contributed by atoms with E-state index >= 15 is 0 Å². The molecule has 0 heterocycles. The lowest BCUT2D eigenvalue weighted by atomic mass is 10.1. The summed E-state index contributed by atoms with van der Waals surface area (Å²) in [6, 6.07) is -6.41. The summed E-state index contributed by atoms with van der Waals surface area (Å²) in [6.45, 7) is 2.32. The van der Waals surface area contributed by atoms with Gasteiger partial charge in [-0.25, -0.2) is 4.79 Å². The number of hydrogen-bond donors (Lipinski definition) is 9. The standard InChI is InChI=1S/C17H29N5O10/c1-6(23)12(19)15(29)20-8(3-4-11(26)27)14(28)22-13(7(2)24)16(30)21-9(17(31)32)5-10(18)25/h6-9,12-13,23-24H,3-5,19H2,1-2H3,(H2,18,25)(H,20,29)(H,21,30)(H,22,28)(H,26,27)(H,31,32). The summed E-state index contributed by atoms with van der Waals surface area (Å²) in [4.78, 5) is 70.1. The third-order valence-corrected chi connectivity index (χ3v) is 4.18. The van der Waals surface area contributed by atoms with Crippen molar-refractivity contribution in [3.63, 3.8) is 0 Å². The molecule has 0 aliphatic carbocycles. The van der Waals surface area contributed by atoms with Crippen molar-refractivity contribution in [2.24, 2.45) is 11.5 Å². The Bertz CT molecular complexity index is 727. The molecule has 0 spiro atoms. The first-order valence-corrected chi connectivity index (χ1v) is 9.43. The van der Waals surface area contributed by atoms with Gasteiger partial charge in [0.25, 0.3) is 0 Å². The molecule has 4 amide bonds. The van der Waals surface area contributed by atoms with Crippen LogP contribution >= 0.6 is 0 Å². The number of rotatable bonds is 14. The van der Waals surface area contributed by atoms with Crippen LogP contribution in [0.3, 0.4) is 0 Å². The third-order valence-electron chi connectivity index (χ3n) is 4.18. The van der Waals surface area contributed by atoms with Gasteiger partial charge in [0.2, 0.25) is 23.6 Å². The Kier molecular flexibility index (Phi) is 11.8. The van der Waals surface area contributed by atoms with Gasteiger partial charge in [-0.05, 0) is 20.3 Å². The Balaban J connectivity index is 5.51. The Morgan fingerprint density at radius 2 is 1.34 bits per heavy atom. The topological polar surface area (TPSA) is 271 Å². The minimum absolute atomic E-state index is 0.424. The van der Waals surface area contributed by atoms with Crippen molar-refractivity contribution in [2.75, 3.05) is 0 Å². The molecular formula is C17H29N5O10. The summed E-state index contributed by atoms with van der Waals surface area (Å²) in [6.07, 6.45) is -4.58. The van der Waals surface area contributed by atoms with Gasteiger partial charge in [0.05, 0.1) is 18.6 Å². The maximum Gasteiger partial charge on any atom is 0.326 e. The van der Waals surface area contributed by atoms with Crippen LogP contribution < -0.4 is 27.4 Å². The van der Waals surface area contributed by atoms with Crippen molar-refractivity contribution in [2.45, 2.75) is 69.5 Å². The van der Waals surface area contributed by atoms with E-state index in [2.05, 4.69) is 10.6 Å². The molecule has 11 N–H and O–H groups in total. The molecule has 0 saturated carbocycles. The maximum atomic E-state index is 12.6. The van der Waals surface area contributed by atoms with Crippen LogP contribution in [0.2, 0.25) is 0 Å². The van der Waals surface area contributed by atoms with E-state index in [-0.39, 0.29) is 0 Å². The first-order valence-electron chi connectivity index (χ1n) is 9.43. The minimum Gasteiger partial charge on any atom is -0.481 e. The van der Waals surface area contributed by atoms with Gasteiger partial charge >= 0.3 is 11.9 Å². The molecule has 0 aromatic heterocycles. The predicted octanol–water partition coefficient (Wildman–Crippen LogP) is -4.65. The molecule has 0 aliphatic rings. The molecule has 15 heteroatoms. The Hall–Kier alpha value is -3.30. The normalized spacial score (nSPS) is 16.4. The fourth-order valence-corrected chi connectivity index (χ4v) is 2.35. The number of carboxylic acid groups (broad SMARTS) is 2. The molecule has 32 heavy (non-hydrogen) atoms. The van der Waals surface area contributed by atoms with Gasteiger partial charge in [-0.1, -0.05) is 0 Å². The first-order chi connectivity index (χ1) is 14.7. The molecule has 0 aliphatic heterocycles. The van der Waals surface area contributed by atoms with Crippen molar-refractivity contribution in [3.8, 4) is 0 Å². The number of nitrogens with one attached hydrogen (secondary N) is 3. The SMILES string of the molecule is CC(O)C(N)C(=O)NC(CCC(=O)O)C(=O)NC(C(=O)NC(CC(N)=O)C(=O)O)C(C)O. The van der Waals surface area contributed by atoms with E-state index in [1.165, 1.54) is 6.92 Å². The predicted molar refractivity (Wildman–Crippen MR) is 105 cm³/mol. The molecule has 0 rings (SSSR count). The Morgan fingerprint density at radius 3 is 1.75 bits per heavy atom. The van der Waals surface area contributed by atoms with Crippen LogP contribution in [0.15, 0.2) is 0 Å². The fraction of sp³-hybridized carbons (Fsp3) is 0.647. The van der Waals surface area contributed by atoms with E-state index in [4.69, 9.17) is 21.7 Å². The van der Waals surface area contributed by atoms with E-state index in [1.54, 1.807) is 0 Å². The zero-order valence-electron chi connectivity index (χ0n) is 17.5. The van der Waals surface area contributed by atoms with Crippen molar-refractivity contribution < 1.29 is 49.2 Å². The molecule has 182 valence electrons. The highest BCUT2D eigenvalue weighted by atomic mass is 16.4. The first kappa shape index (κ1) is 28.7. The van der Waals surface area contributed by atoms with Crippen molar-refractivity contribution in [1.29, 1.82) is 0 Å². The number of primary amides is 1. The number of carboxylic acids is 2. The second-order valence-corrected chi connectivity index (χ2v) is 7.06. The number of carbonyl (C=O) groups is 6. The largest absolute Gasteiger partial charge is 0.481 e. The van der Waals surface area contributed by atoms with Crippen LogP contribution in [-0.2, 0) is 28.8 Å². The molecule has 6 atom stereocenters. The molecule has 0 fully saturated rings. The van der Waals surface area contributed by atoms with Crippen LogP contribution in [0.4, 0.5) is 0 Å². The van der Waals surface area contributed by atoms with Crippen LogP contribution in [0.25, 0.3) is 0 Å². The number of hydrogen-bond acceptors (Lipinski definition) is 9. The van der Waals surface area contributed by atoms with E-state index < -0.39 is 91.2 Å². The van der Waals surface area contributed by atoms with Gasteiger partial charge in [-0.3, -0.25) is 24.0 Å². The highest BCUT2D eigenvalue weighted by molar-refractivity contribution is 5.95. The van der Waals surface area contributed by atoms with Crippen molar-refractivity contribution >= 4 is 35.6 Å². The number of amides is 4. The quantitative estimate of drug-likeness (QED) is 0.118. The number of nitrogens with two attached hydrogens (primary N) is 2. The smallest absolute Gasteiger partial charge is 0.326 e. The van der Waals surface area contributed by atoms with Gasteiger partial charge in [0.1, 0.15) is 24.2 Å². The monoisotopic (exact) mass is 463 g/mol. The summed E-state index contributed by atoms with van der Waals surface area (Å²) in [7, 11) is 0. The molecule has 6 unspecified atom stereocenters. The average molecular weight is 463 g/mol. The fourth-order valence-electron chi connectivity index (χ4n) is 2.35. The van der Waals surface area contributed by atoms with E-state index in [1.807, 2.05) is 5.32 Å². The van der Waals surface area contributed by atoms with Crippen molar-refractivity contribution in [3.05, 3.63) is 0 Å². The van der Waals surface area contributed by atoms with Gasteiger partial charge < -0.3 is 47.8 Å². The highest BCUT2D eigenvalue weighted by Gasteiger charge is 2.33. The summed E-state index contributed by atoms with van der Waals surface area (Å²) >= 11 is 0. The minimum atomic E-state index is -1.73. The lowest BCUT2D eigenvalue weighted by molar-refractivity contribution is -0.144. The highest BCUT2D eigenvalue weighted by Crippen LogP contribution is 2.04. The molecule has 15 nitrogen and oxygen atoms in total. The van der Waals surface area contributed by atoms with Gasteiger partial charge in [0.15, 0.2) is 0 Å². The second kappa shape index (κ2) is 13.2. The zero-order valence-corrected chi connectivity index (χ0v) is 17.5. The number of aliphatic hydroxyl groups excluding tert-OH is 2. The number of aliphatic hydroxyl groups is 2. The molecular weight excluding hydrogens is 434 g/mol. The van der Waals surface area contributed by atoms with Crippen LogP contribution in [0.5, 0.6) is 0 Å². The molecule has 0 aromatic carbocycles. The average Bonchev–Trinajstić information content (AvgIpc) is 2.66. The van der Waals surface area contributed by atoms with Gasteiger partial charge in [0, 0.05) is 6.42 Å². The van der Waals surface area contributed by atoms with Crippen molar-refractivity contribution in [1.82, 2.24) is 16.0 Å². The van der Waals surface area contributed by atoms with Crippen LogP contribution in [-0.4, -0.2) is 92.4 Å². The summed E-state index contributed by atoms with van der Waals surface area (Å²) < 4.78 is 0. The number of carbonyl (C=O) groups excluding carboxylic acids is 4. The van der Waals surface area contributed by atoms with Crippen LogP contribution in [0.1, 0.15) is 33.1 Å². The third kappa shape index (κ3) is 10.1. The summed E-state index contributed by atoms with van der Waals surface area (Å²) in [5, 5.41) is 43.4. The maximum absolute atomic E-state index is 12.6. The van der Waals surface area contributed by atoms with Gasteiger partial charge in [-0.2, -0.15) is 0 Å². The zero-order chi connectivity index (χ0) is 25.2. The van der Waals surface area contributed by atoms with Crippen LogP contribution in [0, 0.1) is 0 Å². The van der Waals surface area contributed by atoms with E-state index in [9.17, 15) is 39.0 Å². The second-order valence-electron chi connectivity index (χ2n) is 7.06.